The van der Waals surface area contributed by atoms with Crippen LogP contribution in [-0.4, -0.2) is 24.0 Å². The number of benzene rings is 2. The average Bonchev–Trinajstić information content (AvgIpc) is 2.73. The third kappa shape index (κ3) is 4.85. The molecule has 0 bridgehead atoms. The van der Waals surface area contributed by atoms with E-state index in [0.29, 0.717) is 29.2 Å². The zero-order valence-corrected chi connectivity index (χ0v) is 15.3. The first-order valence-corrected chi connectivity index (χ1v) is 8.64. The first-order chi connectivity index (χ1) is 13.7. The summed E-state index contributed by atoms with van der Waals surface area (Å²) in [7, 11) is 1.53. The second-order valence-corrected chi connectivity index (χ2v) is 5.87. The fraction of sp³-hybridized carbons (Fsp3) is 0.0952. The summed E-state index contributed by atoms with van der Waals surface area (Å²) in [5.41, 5.74) is 2.18. The van der Waals surface area contributed by atoms with Gasteiger partial charge in [-0.05, 0) is 35.9 Å². The highest BCUT2D eigenvalue weighted by Crippen LogP contribution is 2.23. The van der Waals surface area contributed by atoms with Crippen molar-refractivity contribution in [3.8, 4) is 5.75 Å². The molecule has 0 saturated carbocycles. The number of rotatable bonds is 6. The molecule has 3 N–H and O–H groups in total. The largest absolute Gasteiger partial charge is 0.495 e. The first-order valence-electron chi connectivity index (χ1n) is 8.64. The van der Waals surface area contributed by atoms with Crippen LogP contribution in [0.1, 0.15) is 15.9 Å². The molecule has 3 amide bonds. The minimum atomic E-state index is -0.475. The Morgan fingerprint density at radius 2 is 1.64 bits per heavy atom. The van der Waals surface area contributed by atoms with Gasteiger partial charge in [0.25, 0.3) is 5.91 Å². The molecule has 0 spiro atoms. The van der Waals surface area contributed by atoms with Gasteiger partial charge in [-0.2, -0.15) is 0 Å². The average molecular weight is 376 g/mol. The second-order valence-electron chi connectivity index (χ2n) is 5.87. The van der Waals surface area contributed by atoms with E-state index in [1.54, 1.807) is 60.9 Å². The number of nitrogens with one attached hydrogen (secondary N) is 3. The van der Waals surface area contributed by atoms with Crippen molar-refractivity contribution in [2.45, 2.75) is 6.54 Å². The number of nitrogens with zero attached hydrogens (tertiary/aromatic N) is 1. The highest BCUT2D eigenvalue weighted by Gasteiger charge is 2.14. The lowest BCUT2D eigenvalue weighted by atomic mass is 10.1. The summed E-state index contributed by atoms with van der Waals surface area (Å²) < 4.78 is 5.22. The molecule has 1 aromatic heterocycles. The molecule has 28 heavy (non-hydrogen) atoms. The number of aromatic nitrogens is 1. The molecule has 3 aromatic rings. The van der Waals surface area contributed by atoms with Crippen LogP contribution in [0, 0.1) is 0 Å². The second kappa shape index (κ2) is 9.18. The molecular formula is C21H20N4O3. The maximum Gasteiger partial charge on any atom is 0.323 e. The molecular weight excluding hydrogens is 356 g/mol. The number of methoxy groups -OCH3 is 1. The van der Waals surface area contributed by atoms with Crippen LogP contribution >= 0.6 is 0 Å². The Kier molecular flexibility index (Phi) is 6.20. The molecule has 0 unspecified atom stereocenters. The van der Waals surface area contributed by atoms with Crippen molar-refractivity contribution < 1.29 is 14.3 Å². The number of carbonyl (C=O) groups excluding carboxylic acids is 2. The van der Waals surface area contributed by atoms with Gasteiger partial charge in [0.15, 0.2) is 0 Å². The topological polar surface area (TPSA) is 92.4 Å². The maximum atomic E-state index is 12.6. The Morgan fingerprint density at radius 3 is 2.39 bits per heavy atom. The Bertz CT molecular complexity index is 961. The smallest absolute Gasteiger partial charge is 0.323 e. The number of carbonyl (C=O) groups is 2. The molecule has 0 radical (unpaired) electrons. The quantitative estimate of drug-likeness (QED) is 0.612. The summed E-state index contributed by atoms with van der Waals surface area (Å²) in [6.07, 6.45) is 3.36. The van der Waals surface area contributed by atoms with Crippen LogP contribution in [0.4, 0.5) is 16.2 Å². The summed E-state index contributed by atoms with van der Waals surface area (Å²) in [5, 5.41) is 8.26. The third-order valence-electron chi connectivity index (χ3n) is 3.95. The van der Waals surface area contributed by atoms with Crippen molar-refractivity contribution in [2.24, 2.45) is 0 Å². The molecule has 0 aliphatic rings. The van der Waals surface area contributed by atoms with E-state index in [9.17, 15) is 9.59 Å². The van der Waals surface area contributed by atoms with Crippen molar-refractivity contribution in [2.75, 3.05) is 17.7 Å². The Hall–Kier alpha value is -3.87. The van der Waals surface area contributed by atoms with Crippen LogP contribution in [0.5, 0.6) is 5.75 Å². The van der Waals surface area contributed by atoms with E-state index >= 15 is 0 Å². The van der Waals surface area contributed by atoms with Gasteiger partial charge >= 0.3 is 6.03 Å². The highest BCUT2D eigenvalue weighted by molar-refractivity contribution is 6.06. The Balaban J connectivity index is 1.67. The number of urea groups is 1. The van der Waals surface area contributed by atoms with E-state index in [1.807, 2.05) is 12.1 Å². The summed E-state index contributed by atoms with van der Waals surface area (Å²) in [4.78, 5) is 29.0. The standard InChI is InChI=1S/C21H20N4O3/c1-28-19-11-5-4-10-18(19)25-21(27)24-17-9-3-2-8-16(17)20(26)23-14-15-7-6-12-22-13-15/h2-13H,14H2,1H3,(H,23,26)(H2,24,25,27). The van der Waals surface area contributed by atoms with Gasteiger partial charge in [-0.3, -0.25) is 9.78 Å². The highest BCUT2D eigenvalue weighted by atomic mass is 16.5. The molecule has 0 fully saturated rings. The van der Waals surface area contributed by atoms with Crippen LogP contribution in [0.2, 0.25) is 0 Å². The lowest BCUT2D eigenvalue weighted by Crippen LogP contribution is -2.26. The minimum Gasteiger partial charge on any atom is -0.495 e. The zero-order chi connectivity index (χ0) is 19.8. The van der Waals surface area contributed by atoms with Gasteiger partial charge in [-0.25, -0.2) is 4.79 Å². The lowest BCUT2D eigenvalue weighted by molar-refractivity contribution is 0.0951. The number of para-hydroxylation sites is 3. The van der Waals surface area contributed by atoms with Gasteiger partial charge in [-0.15, -0.1) is 0 Å². The van der Waals surface area contributed by atoms with Gasteiger partial charge in [0.1, 0.15) is 5.75 Å². The SMILES string of the molecule is COc1ccccc1NC(=O)Nc1ccccc1C(=O)NCc1cccnc1. The van der Waals surface area contributed by atoms with Gasteiger partial charge in [0.2, 0.25) is 0 Å². The molecule has 2 aromatic carbocycles. The van der Waals surface area contributed by atoms with Crippen molar-refractivity contribution in [1.82, 2.24) is 10.3 Å². The van der Waals surface area contributed by atoms with E-state index in [4.69, 9.17) is 4.74 Å². The van der Waals surface area contributed by atoms with Crippen molar-refractivity contribution in [1.29, 1.82) is 0 Å². The number of pyridine rings is 1. The minimum absolute atomic E-state index is 0.294. The zero-order valence-electron chi connectivity index (χ0n) is 15.3. The summed E-state index contributed by atoms with van der Waals surface area (Å²) in [6.45, 7) is 0.342. The van der Waals surface area contributed by atoms with Crippen molar-refractivity contribution in [3.05, 3.63) is 84.2 Å². The fourth-order valence-electron chi connectivity index (χ4n) is 2.59. The molecule has 0 aliphatic heterocycles. The van der Waals surface area contributed by atoms with E-state index in [1.165, 1.54) is 7.11 Å². The number of ether oxygens (including phenoxy) is 1. The number of hydrogen-bond donors (Lipinski definition) is 3. The van der Waals surface area contributed by atoms with Crippen molar-refractivity contribution >= 4 is 23.3 Å². The monoisotopic (exact) mass is 376 g/mol. The fourth-order valence-corrected chi connectivity index (χ4v) is 2.59. The number of hydrogen-bond acceptors (Lipinski definition) is 4. The van der Waals surface area contributed by atoms with E-state index in [-0.39, 0.29) is 5.91 Å². The van der Waals surface area contributed by atoms with Crippen LogP contribution in [0.25, 0.3) is 0 Å². The molecule has 3 rings (SSSR count). The van der Waals surface area contributed by atoms with E-state index < -0.39 is 6.03 Å². The number of anilines is 2. The van der Waals surface area contributed by atoms with E-state index in [2.05, 4.69) is 20.9 Å². The Morgan fingerprint density at radius 1 is 0.929 bits per heavy atom. The third-order valence-corrected chi connectivity index (χ3v) is 3.95. The molecule has 142 valence electrons. The lowest BCUT2D eigenvalue weighted by Gasteiger charge is -2.13. The van der Waals surface area contributed by atoms with Crippen LogP contribution in [0.3, 0.4) is 0 Å². The summed E-state index contributed by atoms with van der Waals surface area (Å²) >= 11 is 0. The number of amides is 3. The maximum absolute atomic E-state index is 12.6. The van der Waals surface area contributed by atoms with Crippen molar-refractivity contribution in [3.63, 3.8) is 0 Å². The molecule has 0 saturated heterocycles. The summed E-state index contributed by atoms with van der Waals surface area (Å²) in [6, 6.07) is 17.1. The first kappa shape index (κ1) is 18.9. The van der Waals surface area contributed by atoms with Crippen LogP contribution < -0.4 is 20.7 Å². The predicted octanol–water partition coefficient (Wildman–Crippen LogP) is 3.66. The molecule has 1 heterocycles. The molecule has 0 atom stereocenters. The normalized spacial score (nSPS) is 10.0. The van der Waals surface area contributed by atoms with Gasteiger partial charge < -0.3 is 20.7 Å². The molecule has 7 nitrogen and oxygen atoms in total. The van der Waals surface area contributed by atoms with Gasteiger partial charge in [0, 0.05) is 18.9 Å². The molecule has 7 heteroatoms. The van der Waals surface area contributed by atoms with Crippen LogP contribution in [-0.2, 0) is 6.54 Å². The predicted molar refractivity (Wildman–Crippen MR) is 107 cm³/mol. The van der Waals surface area contributed by atoms with Gasteiger partial charge in [-0.1, -0.05) is 30.3 Å². The van der Waals surface area contributed by atoms with E-state index in [0.717, 1.165) is 5.56 Å². The van der Waals surface area contributed by atoms with Crippen LogP contribution in [0.15, 0.2) is 73.1 Å². The Labute approximate surface area is 162 Å². The summed E-state index contributed by atoms with van der Waals surface area (Å²) in [5.74, 6) is 0.247. The molecule has 0 aliphatic carbocycles. The van der Waals surface area contributed by atoms with Gasteiger partial charge in [0.05, 0.1) is 24.0 Å².